The van der Waals surface area contributed by atoms with Gasteiger partial charge in [-0.3, -0.25) is 0 Å². The molecule has 0 aliphatic carbocycles. The van der Waals surface area contributed by atoms with Gasteiger partial charge in [-0.2, -0.15) is 5.10 Å². The van der Waals surface area contributed by atoms with Crippen molar-refractivity contribution in [3.8, 4) is 5.69 Å². The summed E-state index contributed by atoms with van der Waals surface area (Å²) in [6.07, 6.45) is 0. The Morgan fingerprint density at radius 2 is 1.93 bits per heavy atom. The van der Waals surface area contributed by atoms with Gasteiger partial charge in [0.15, 0.2) is 0 Å². The summed E-state index contributed by atoms with van der Waals surface area (Å²) in [6.45, 7) is 0. The molecule has 0 bridgehead atoms. The fourth-order valence-corrected chi connectivity index (χ4v) is 2.37. The van der Waals surface area contributed by atoms with Gasteiger partial charge in [0.05, 0.1) is 9.64 Å². The Bertz CT molecular complexity index is 505. The molecule has 0 saturated heterocycles. The van der Waals surface area contributed by atoms with E-state index in [0.717, 1.165) is 5.69 Å². The van der Waals surface area contributed by atoms with Crippen LogP contribution < -0.4 is 0 Å². The normalized spacial score (nSPS) is 9.67. The molecule has 0 amide bonds. The van der Waals surface area contributed by atoms with Crippen LogP contribution >= 0.6 is 23.6 Å². The smallest absolute Gasteiger partial charge is 0.123 e. The molecule has 15 heavy (non-hydrogen) atoms. The maximum atomic E-state index is 12.6. The van der Waals surface area contributed by atoms with Crippen LogP contribution in [0.4, 0.5) is 4.39 Å². The van der Waals surface area contributed by atoms with Crippen LogP contribution in [0.25, 0.3) is 5.69 Å². The first-order valence-corrected chi connectivity index (χ1v) is 5.33. The average molecular weight is 282 g/mol. The van der Waals surface area contributed by atoms with Gasteiger partial charge in [-0.05, 0) is 28.6 Å². The second kappa shape index (κ2) is 5.92. The molecule has 2 rings (SSSR count). The minimum Gasteiger partial charge on any atom is -0.406 e. The van der Waals surface area contributed by atoms with Crippen molar-refractivity contribution in [1.82, 2.24) is 9.78 Å². The van der Waals surface area contributed by atoms with Gasteiger partial charge < -0.3 is 24.0 Å². The predicted molar refractivity (Wildman–Crippen MR) is 63.6 cm³/mol. The number of rotatable bonds is 1. The van der Waals surface area contributed by atoms with Crippen LogP contribution in [0.15, 0.2) is 28.6 Å². The third kappa shape index (κ3) is 3.37. The first-order valence-electron chi connectivity index (χ1n) is 3.70. The van der Waals surface area contributed by atoms with Crippen molar-refractivity contribution in [1.29, 1.82) is 0 Å². The van der Waals surface area contributed by atoms with Gasteiger partial charge in [0.1, 0.15) is 5.82 Å². The maximum absolute atomic E-state index is 12.6. The second-order valence-electron chi connectivity index (χ2n) is 2.52. The number of nitrogens with zero attached hydrogens (tertiary/aromatic N) is 2. The molecule has 1 aromatic carbocycles. The zero-order chi connectivity index (χ0) is 10.1. The minimum absolute atomic E-state index is 0. The standard InChI is InChI=1S/C8H5FN2S3.K/c9-5-1-3-6(4-2-5)11-8(13)14-7(12)10-11;/h1-4H,(H,10,12);/p-1. The first kappa shape index (κ1) is 13.8. The molecule has 0 atom stereocenters. The van der Waals surface area contributed by atoms with Crippen molar-refractivity contribution >= 4 is 87.6 Å². The summed E-state index contributed by atoms with van der Waals surface area (Å²) in [5, 5.41) is 4.03. The van der Waals surface area contributed by atoms with E-state index in [4.69, 9.17) is 24.8 Å². The van der Waals surface area contributed by atoms with Gasteiger partial charge in [0.25, 0.3) is 0 Å². The van der Waals surface area contributed by atoms with Crippen molar-refractivity contribution < 1.29 is 4.39 Å². The van der Waals surface area contributed by atoms with Gasteiger partial charge in [-0.25, -0.2) is 9.07 Å². The summed E-state index contributed by atoms with van der Waals surface area (Å²) in [5.74, 6) is -0.283. The molecule has 0 unspecified atom stereocenters. The van der Waals surface area contributed by atoms with E-state index in [0.29, 0.717) is 8.29 Å². The van der Waals surface area contributed by atoms with Crippen LogP contribution in [0.1, 0.15) is 0 Å². The second-order valence-corrected chi connectivity index (χ2v) is 4.79. The van der Waals surface area contributed by atoms with Gasteiger partial charge in [-0.1, -0.05) is 12.2 Å². The zero-order valence-electron chi connectivity index (χ0n) is 7.81. The van der Waals surface area contributed by atoms with Gasteiger partial charge >= 0.3 is 0 Å². The van der Waals surface area contributed by atoms with E-state index in [-0.39, 0.29) is 57.2 Å². The maximum Gasteiger partial charge on any atom is 0.123 e. The van der Waals surface area contributed by atoms with Gasteiger partial charge in [-0.15, -0.1) is 0 Å². The van der Waals surface area contributed by atoms with Crippen molar-refractivity contribution in [2.24, 2.45) is 0 Å². The molecule has 1 aromatic heterocycles. The van der Waals surface area contributed by atoms with Crippen LogP contribution in [0, 0.1) is 9.77 Å². The summed E-state index contributed by atoms with van der Waals surface area (Å²) < 4.78 is 15.2. The zero-order valence-corrected chi connectivity index (χ0v) is 13.4. The van der Waals surface area contributed by atoms with E-state index in [9.17, 15) is 4.39 Å². The molecule has 2 nitrogen and oxygen atoms in total. The Labute approximate surface area is 143 Å². The summed E-state index contributed by atoms with van der Waals surface area (Å²) in [4.78, 5) is 0. The number of benzene rings is 1. The number of hydrogen-bond acceptors (Lipinski definition) is 4. The van der Waals surface area contributed by atoms with Crippen molar-refractivity contribution in [2.45, 2.75) is 4.34 Å². The van der Waals surface area contributed by atoms with Crippen LogP contribution in [0.2, 0.25) is 0 Å². The van der Waals surface area contributed by atoms with Crippen LogP contribution in [0.5, 0.6) is 0 Å². The molecule has 2 aromatic rings. The third-order valence-corrected chi connectivity index (χ3v) is 2.96. The molecule has 0 aliphatic heterocycles. The molecule has 0 fully saturated rings. The Morgan fingerprint density at radius 3 is 2.40 bits per heavy atom. The van der Waals surface area contributed by atoms with Gasteiger partial charge in [0, 0.05) is 51.4 Å². The molecule has 0 N–H and O–H groups in total. The van der Waals surface area contributed by atoms with Crippen molar-refractivity contribution in [3.63, 3.8) is 0 Å². The average Bonchev–Trinajstić information content (AvgIpc) is 2.47. The number of aromatic nitrogens is 2. The van der Waals surface area contributed by atoms with E-state index < -0.39 is 0 Å². The quantitative estimate of drug-likeness (QED) is 0.454. The minimum atomic E-state index is -0.283. The van der Waals surface area contributed by atoms with Crippen LogP contribution in [0.3, 0.4) is 0 Å². The van der Waals surface area contributed by atoms with E-state index in [1.807, 2.05) is 0 Å². The van der Waals surface area contributed by atoms with E-state index >= 15 is 0 Å². The summed E-state index contributed by atoms with van der Waals surface area (Å²) in [5.41, 5.74) is 0.726. The Morgan fingerprint density at radius 1 is 1.33 bits per heavy atom. The Hall–Kier alpha value is 0.786. The molecule has 1 heterocycles. The predicted octanol–water partition coefficient (Wildman–Crippen LogP) is 2.33. The Balaban J connectivity index is 0.00000112. The number of halogens is 1. The third-order valence-electron chi connectivity index (χ3n) is 1.60. The molecule has 7 heteroatoms. The molecule has 0 saturated carbocycles. The fraction of sp³-hybridized carbons (Fsp3) is 0. The van der Waals surface area contributed by atoms with E-state index in [1.54, 1.807) is 12.1 Å². The summed E-state index contributed by atoms with van der Waals surface area (Å²) >= 11 is 11.2. The molecule has 0 aliphatic rings. The van der Waals surface area contributed by atoms with E-state index in [2.05, 4.69) is 5.10 Å². The van der Waals surface area contributed by atoms with Gasteiger partial charge in [0.2, 0.25) is 0 Å². The van der Waals surface area contributed by atoms with E-state index in [1.165, 1.54) is 28.2 Å². The summed E-state index contributed by atoms with van der Waals surface area (Å²) in [6, 6.07) is 5.94. The largest absolute Gasteiger partial charge is 0.406 e. The molecular formula is C8H4FKN2S3-. The van der Waals surface area contributed by atoms with Crippen LogP contribution in [-0.2, 0) is 12.6 Å². The fourth-order valence-electron chi connectivity index (χ4n) is 1.01. The monoisotopic (exact) mass is 282 g/mol. The summed E-state index contributed by atoms with van der Waals surface area (Å²) in [7, 11) is 0. The van der Waals surface area contributed by atoms with Crippen molar-refractivity contribution in [2.75, 3.05) is 0 Å². The molecule has 0 spiro atoms. The Kier molecular flexibility index (Phi) is 5.47. The molecular weight excluding hydrogens is 278 g/mol. The molecule has 1 radical (unpaired) electrons. The topological polar surface area (TPSA) is 17.8 Å². The van der Waals surface area contributed by atoms with Crippen LogP contribution in [-0.4, -0.2) is 61.2 Å². The molecule has 73 valence electrons. The van der Waals surface area contributed by atoms with Crippen molar-refractivity contribution in [3.05, 3.63) is 34.0 Å². The first-order chi connectivity index (χ1) is 6.66. The number of hydrogen-bond donors (Lipinski definition) is 0. The SMILES string of the molecule is Fc1ccc(-n2nc([S-])sc2=S)cc1.[K].